The zero-order valence-corrected chi connectivity index (χ0v) is 15.3. The summed E-state index contributed by atoms with van der Waals surface area (Å²) < 4.78 is 14.0. The van der Waals surface area contributed by atoms with Crippen molar-refractivity contribution in [2.75, 3.05) is 19.8 Å². The number of rotatable bonds is 4. The van der Waals surface area contributed by atoms with Crippen molar-refractivity contribution in [3.05, 3.63) is 30.1 Å². The first-order valence-electron chi connectivity index (χ1n) is 9.58. The third-order valence-electron chi connectivity index (χ3n) is 5.63. The van der Waals surface area contributed by atoms with Crippen LogP contribution in [0.25, 0.3) is 11.0 Å². The topological polar surface area (TPSA) is 48.3 Å². The van der Waals surface area contributed by atoms with Gasteiger partial charge in [-0.15, -0.1) is 0 Å². The molecule has 1 spiro atoms. The normalized spacial score (nSPS) is 23.6. The number of fused-ring (bicyclic) bond motifs is 1. The molecule has 2 aliphatic heterocycles. The molecule has 5 nitrogen and oxygen atoms in total. The van der Waals surface area contributed by atoms with E-state index in [9.17, 15) is 0 Å². The van der Waals surface area contributed by atoms with Gasteiger partial charge in [0, 0.05) is 31.9 Å². The highest BCUT2D eigenvalue weighted by atomic mass is 16.5. The molecule has 25 heavy (non-hydrogen) atoms. The highest BCUT2D eigenvalue weighted by Crippen LogP contribution is 2.34. The van der Waals surface area contributed by atoms with Gasteiger partial charge in [0.25, 0.3) is 0 Å². The number of para-hydroxylation sites is 2. The highest BCUT2D eigenvalue weighted by molar-refractivity contribution is 5.76. The number of aromatic nitrogens is 2. The maximum absolute atomic E-state index is 6.16. The summed E-state index contributed by atoms with van der Waals surface area (Å²) in [5, 5.41) is 3.76. The summed E-state index contributed by atoms with van der Waals surface area (Å²) in [4.78, 5) is 4.87. The SMILES string of the molecule is CC(C)n1c(CN[C@H]2CCOC3(CCOCC3)C2)nc2ccccc21. The average Bonchev–Trinajstić information content (AvgIpc) is 2.99. The van der Waals surface area contributed by atoms with Crippen molar-refractivity contribution in [1.82, 2.24) is 14.9 Å². The van der Waals surface area contributed by atoms with Crippen LogP contribution >= 0.6 is 0 Å². The van der Waals surface area contributed by atoms with Crippen molar-refractivity contribution in [2.45, 2.75) is 63.8 Å². The van der Waals surface area contributed by atoms with E-state index in [1.54, 1.807) is 0 Å². The van der Waals surface area contributed by atoms with Crippen molar-refractivity contribution in [3.63, 3.8) is 0 Å². The first-order chi connectivity index (χ1) is 12.2. The van der Waals surface area contributed by atoms with Gasteiger partial charge in [-0.05, 0) is 51.7 Å². The van der Waals surface area contributed by atoms with Crippen molar-refractivity contribution in [2.24, 2.45) is 0 Å². The molecule has 1 atom stereocenters. The first-order valence-corrected chi connectivity index (χ1v) is 9.58. The van der Waals surface area contributed by atoms with Crippen molar-refractivity contribution < 1.29 is 9.47 Å². The van der Waals surface area contributed by atoms with E-state index in [2.05, 4.69) is 48.0 Å². The van der Waals surface area contributed by atoms with Crippen molar-refractivity contribution in [3.8, 4) is 0 Å². The Bertz CT molecular complexity index is 713. The second kappa shape index (κ2) is 7.06. The molecular formula is C20H29N3O2. The Kier molecular flexibility index (Phi) is 4.80. The summed E-state index contributed by atoms with van der Waals surface area (Å²) >= 11 is 0. The number of hydrogen-bond acceptors (Lipinski definition) is 4. The Labute approximate surface area is 149 Å². The van der Waals surface area contributed by atoms with Gasteiger partial charge in [0.2, 0.25) is 0 Å². The summed E-state index contributed by atoms with van der Waals surface area (Å²) in [6.45, 7) is 7.76. The Morgan fingerprint density at radius 3 is 2.84 bits per heavy atom. The molecule has 1 aromatic carbocycles. The predicted octanol–water partition coefficient (Wildman–Crippen LogP) is 3.44. The molecule has 0 unspecified atom stereocenters. The van der Waals surface area contributed by atoms with Crippen LogP contribution in [0.4, 0.5) is 0 Å². The lowest BCUT2D eigenvalue weighted by Gasteiger charge is -2.43. The molecule has 3 heterocycles. The fourth-order valence-electron chi connectivity index (χ4n) is 4.32. The summed E-state index contributed by atoms with van der Waals surface area (Å²) in [6, 6.07) is 9.31. The molecule has 0 saturated carbocycles. The van der Waals surface area contributed by atoms with Gasteiger partial charge >= 0.3 is 0 Å². The largest absolute Gasteiger partial charge is 0.381 e. The third-order valence-corrected chi connectivity index (χ3v) is 5.63. The summed E-state index contributed by atoms with van der Waals surface area (Å²) in [5.41, 5.74) is 2.34. The van der Waals surface area contributed by atoms with E-state index >= 15 is 0 Å². The number of imidazole rings is 1. The second-order valence-corrected chi connectivity index (χ2v) is 7.69. The molecule has 5 heteroatoms. The molecule has 1 N–H and O–H groups in total. The molecule has 136 valence electrons. The lowest BCUT2D eigenvalue weighted by molar-refractivity contribution is -0.140. The average molecular weight is 343 g/mol. The van der Waals surface area contributed by atoms with Crippen LogP contribution in [0, 0.1) is 0 Å². The molecular weight excluding hydrogens is 314 g/mol. The Hall–Kier alpha value is -1.43. The molecule has 1 aromatic heterocycles. The van der Waals surface area contributed by atoms with E-state index in [1.807, 2.05) is 0 Å². The van der Waals surface area contributed by atoms with Crippen LogP contribution < -0.4 is 5.32 Å². The lowest BCUT2D eigenvalue weighted by atomic mass is 9.84. The molecule has 2 fully saturated rings. The van der Waals surface area contributed by atoms with Gasteiger partial charge in [-0.3, -0.25) is 0 Å². The Morgan fingerprint density at radius 2 is 2.04 bits per heavy atom. The minimum Gasteiger partial charge on any atom is -0.381 e. The molecule has 0 bridgehead atoms. The van der Waals surface area contributed by atoms with Gasteiger partial charge in [0.1, 0.15) is 5.82 Å². The zero-order valence-electron chi connectivity index (χ0n) is 15.3. The molecule has 4 rings (SSSR count). The molecule has 2 aromatic rings. The molecule has 0 radical (unpaired) electrons. The number of benzene rings is 1. The van der Waals surface area contributed by atoms with Crippen LogP contribution in [-0.2, 0) is 16.0 Å². The van der Waals surface area contributed by atoms with Gasteiger partial charge in [0.05, 0.1) is 23.2 Å². The van der Waals surface area contributed by atoms with E-state index in [0.717, 1.165) is 63.4 Å². The summed E-state index contributed by atoms with van der Waals surface area (Å²) in [7, 11) is 0. The van der Waals surface area contributed by atoms with E-state index in [0.29, 0.717) is 12.1 Å². The number of nitrogens with one attached hydrogen (secondary N) is 1. The summed E-state index contributed by atoms with van der Waals surface area (Å²) in [6.07, 6.45) is 4.20. The van der Waals surface area contributed by atoms with Gasteiger partial charge in [-0.2, -0.15) is 0 Å². The van der Waals surface area contributed by atoms with Gasteiger partial charge in [0.15, 0.2) is 0 Å². The minimum absolute atomic E-state index is 0.0341. The zero-order chi connectivity index (χ0) is 17.3. The van der Waals surface area contributed by atoms with Crippen LogP contribution in [0.1, 0.15) is 51.4 Å². The molecule has 2 aliphatic rings. The molecule has 0 amide bonds. The number of ether oxygens (including phenoxy) is 2. The fraction of sp³-hybridized carbons (Fsp3) is 0.650. The van der Waals surface area contributed by atoms with Crippen LogP contribution in [0.2, 0.25) is 0 Å². The van der Waals surface area contributed by atoms with Crippen LogP contribution in [-0.4, -0.2) is 41.0 Å². The van der Waals surface area contributed by atoms with E-state index in [1.165, 1.54) is 5.52 Å². The number of nitrogens with zero attached hydrogens (tertiary/aromatic N) is 2. The fourth-order valence-corrected chi connectivity index (χ4v) is 4.32. The Morgan fingerprint density at radius 1 is 1.24 bits per heavy atom. The van der Waals surface area contributed by atoms with E-state index in [-0.39, 0.29) is 5.60 Å². The van der Waals surface area contributed by atoms with Gasteiger partial charge in [-0.1, -0.05) is 12.1 Å². The maximum Gasteiger partial charge on any atom is 0.124 e. The Balaban J connectivity index is 1.47. The second-order valence-electron chi connectivity index (χ2n) is 7.69. The maximum atomic E-state index is 6.16. The lowest BCUT2D eigenvalue weighted by Crippen LogP contribution is -2.49. The highest BCUT2D eigenvalue weighted by Gasteiger charge is 2.38. The van der Waals surface area contributed by atoms with Gasteiger partial charge in [-0.25, -0.2) is 4.98 Å². The van der Waals surface area contributed by atoms with Crippen molar-refractivity contribution in [1.29, 1.82) is 0 Å². The smallest absolute Gasteiger partial charge is 0.124 e. The van der Waals surface area contributed by atoms with E-state index in [4.69, 9.17) is 14.5 Å². The standard InChI is InChI=1S/C20H29N3O2/c1-15(2)23-18-6-4-3-5-17(18)22-19(23)14-21-16-7-10-25-20(13-16)8-11-24-12-9-20/h3-6,15-16,21H,7-14H2,1-2H3/t16-/m0/s1. The van der Waals surface area contributed by atoms with Gasteiger partial charge < -0.3 is 19.4 Å². The van der Waals surface area contributed by atoms with Crippen LogP contribution in [0.15, 0.2) is 24.3 Å². The summed E-state index contributed by atoms with van der Waals surface area (Å²) in [5.74, 6) is 1.13. The minimum atomic E-state index is 0.0341. The number of hydrogen-bond donors (Lipinski definition) is 1. The quantitative estimate of drug-likeness (QED) is 0.924. The predicted molar refractivity (Wildman–Crippen MR) is 98.7 cm³/mol. The van der Waals surface area contributed by atoms with Crippen molar-refractivity contribution >= 4 is 11.0 Å². The van der Waals surface area contributed by atoms with Crippen LogP contribution in [0.3, 0.4) is 0 Å². The monoisotopic (exact) mass is 343 g/mol. The van der Waals surface area contributed by atoms with Crippen LogP contribution in [0.5, 0.6) is 0 Å². The molecule has 0 aliphatic carbocycles. The molecule has 2 saturated heterocycles. The first kappa shape index (κ1) is 17.0. The third kappa shape index (κ3) is 3.46. The van der Waals surface area contributed by atoms with E-state index < -0.39 is 0 Å².